The number of nitrogens with zero attached hydrogens (tertiary/aromatic N) is 1. The first kappa shape index (κ1) is 10.6. The molecule has 0 aromatic carbocycles. The van der Waals surface area contributed by atoms with Crippen molar-refractivity contribution in [3.8, 4) is 0 Å². The minimum absolute atomic E-state index is 0.0564. The zero-order valence-electron chi connectivity index (χ0n) is 7.90. The maximum Gasteiger partial charge on any atom is 0.303 e. The number of carbonyl (C=O) groups is 1. The lowest BCUT2D eigenvalue weighted by Crippen LogP contribution is -2.07. The Balaban J connectivity index is 2.89. The molecule has 1 aromatic rings. The Bertz CT molecular complexity index is 328. The summed E-state index contributed by atoms with van der Waals surface area (Å²) in [5.74, 6) is -1.78. The Morgan fingerprint density at radius 3 is 2.93 bits per heavy atom. The number of carboxylic acid groups (broad SMARTS) is 1. The van der Waals surface area contributed by atoms with Gasteiger partial charge in [0.05, 0.1) is 6.42 Å². The zero-order chi connectivity index (χ0) is 10.6. The lowest BCUT2D eigenvalue weighted by molar-refractivity contribution is -0.137. The smallest absolute Gasteiger partial charge is 0.303 e. The summed E-state index contributed by atoms with van der Waals surface area (Å²) in [4.78, 5) is 14.0. The highest BCUT2D eigenvalue weighted by Crippen LogP contribution is 2.24. The second-order valence-corrected chi connectivity index (χ2v) is 3.09. The number of hydrogen-bond donors (Lipinski definition) is 1. The fourth-order valence-electron chi connectivity index (χ4n) is 1.39. The quantitative estimate of drug-likeness (QED) is 0.752. The second kappa shape index (κ2) is 4.69. The van der Waals surface area contributed by atoms with Crippen molar-refractivity contribution in [2.45, 2.75) is 25.7 Å². The standard InChI is InChI=1S/C10H12FNO2/c1-2-7(6-9(13)14)8-4-3-5-12-10(8)11/h3-5,7H,2,6H2,1H3,(H,13,14). The van der Waals surface area contributed by atoms with Crippen LogP contribution in [0.5, 0.6) is 0 Å². The Morgan fingerprint density at radius 1 is 1.71 bits per heavy atom. The number of hydrogen-bond acceptors (Lipinski definition) is 2. The predicted octanol–water partition coefficient (Wildman–Crippen LogP) is 2.19. The van der Waals surface area contributed by atoms with E-state index in [1.807, 2.05) is 6.92 Å². The molecule has 0 radical (unpaired) electrons. The van der Waals surface area contributed by atoms with Gasteiger partial charge in [0.2, 0.25) is 5.95 Å². The second-order valence-electron chi connectivity index (χ2n) is 3.09. The number of aromatic nitrogens is 1. The minimum atomic E-state index is -0.917. The molecule has 4 heteroatoms. The normalized spacial score (nSPS) is 12.4. The molecule has 1 atom stereocenters. The topological polar surface area (TPSA) is 50.2 Å². The van der Waals surface area contributed by atoms with Crippen molar-refractivity contribution in [2.24, 2.45) is 0 Å². The summed E-state index contributed by atoms with van der Waals surface area (Å²) < 4.78 is 13.2. The molecule has 0 amide bonds. The van der Waals surface area contributed by atoms with Crippen LogP contribution in [0.4, 0.5) is 4.39 Å². The maximum atomic E-state index is 13.2. The van der Waals surface area contributed by atoms with Crippen molar-refractivity contribution in [3.63, 3.8) is 0 Å². The van der Waals surface area contributed by atoms with E-state index in [2.05, 4.69) is 4.98 Å². The third-order valence-corrected chi connectivity index (χ3v) is 2.14. The first-order valence-corrected chi connectivity index (χ1v) is 4.47. The Hall–Kier alpha value is -1.45. The third-order valence-electron chi connectivity index (χ3n) is 2.14. The zero-order valence-corrected chi connectivity index (χ0v) is 7.90. The van der Waals surface area contributed by atoms with Crippen LogP contribution in [-0.2, 0) is 4.79 Å². The lowest BCUT2D eigenvalue weighted by Gasteiger charge is -2.12. The van der Waals surface area contributed by atoms with E-state index in [-0.39, 0.29) is 12.3 Å². The van der Waals surface area contributed by atoms with E-state index in [1.54, 1.807) is 12.1 Å². The van der Waals surface area contributed by atoms with E-state index in [4.69, 9.17) is 5.11 Å². The summed E-state index contributed by atoms with van der Waals surface area (Å²) in [6, 6.07) is 3.20. The first-order chi connectivity index (χ1) is 6.65. The van der Waals surface area contributed by atoms with Gasteiger partial charge in [-0.05, 0) is 18.4 Å². The van der Waals surface area contributed by atoms with Crippen LogP contribution < -0.4 is 0 Å². The first-order valence-electron chi connectivity index (χ1n) is 4.47. The molecule has 1 heterocycles. The molecule has 0 saturated heterocycles. The van der Waals surface area contributed by atoms with E-state index >= 15 is 0 Å². The van der Waals surface area contributed by atoms with Crippen molar-refractivity contribution in [1.29, 1.82) is 0 Å². The fraction of sp³-hybridized carbons (Fsp3) is 0.400. The molecule has 76 valence electrons. The van der Waals surface area contributed by atoms with Gasteiger partial charge in [-0.3, -0.25) is 4.79 Å². The van der Waals surface area contributed by atoms with Crippen molar-refractivity contribution in [3.05, 3.63) is 29.8 Å². The molecular formula is C10H12FNO2. The lowest BCUT2D eigenvalue weighted by atomic mass is 9.94. The van der Waals surface area contributed by atoms with Gasteiger partial charge >= 0.3 is 5.97 Å². The summed E-state index contributed by atoms with van der Waals surface area (Å²) in [6.07, 6.45) is 1.89. The summed E-state index contributed by atoms with van der Waals surface area (Å²) in [7, 11) is 0. The molecule has 0 aliphatic carbocycles. The van der Waals surface area contributed by atoms with Crippen LogP contribution in [0.3, 0.4) is 0 Å². The van der Waals surface area contributed by atoms with E-state index in [0.29, 0.717) is 12.0 Å². The largest absolute Gasteiger partial charge is 0.481 e. The van der Waals surface area contributed by atoms with E-state index in [1.165, 1.54) is 6.20 Å². The van der Waals surface area contributed by atoms with Crippen molar-refractivity contribution >= 4 is 5.97 Å². The SMILES string of the molecule is CCC(CC(=O)O)c1cccnc1F. The van der Waals surface area contributed by atoms with E-state index < -0.39 is 11.9 Å². The molecule has 0 fully saturated rings. The van der Waals surface area contributed by atoms with Gasteiger partial charge in [0.15, 0.2) is 0 Å². The summed E-state index contributed by atoms with van der Waals surface area (Å²) in [5.41, 5.74) is 0.386. The average Bonchev–Trinajstić information content (AvgIpc) is 2.15. The highest BCUT2D eigenvalue weighted by molar-refractivity contribution is 5.68. The number of carboxylic acids is 1. The molecule has 1 aromatic heterocycles. The van der Waals surface area contributed by atoms with Crippen LogP contribution in [0.25, 0.3) is 0 Å². The van der Waals surface area contributed by atoms with Gasteiger partial charge in [-0.1, -0.05) is 13.0 Å². The van der Waals surface area contributed by atoms with Gasteiger partial charge in [0.1, 0.15) is 0 Å². The Morgan fingerprint density at radius 2 is 2.43 bits per heavy atom. The molecule has 1 rings (SSSR count). The van der Waals surface area contributed by atoms with Crippen LogP contribution in [0, 0.1) is 5.95 Å². The molecule has 0 saturated carbocycles. The van der Waals surface area contributed by atoms with Gasteiger partial charge in [-0.15, -0.1) is 0 Å². The highest BCUT2D eigenvalue weighted by atomic mass is 19.1. The minimum Gasteiger partial charge on any atom is -0.481 e. The molecule has 1 unspecified atom stereocenters. The van der Waals surface area contributed by atoms with E-state index in [0.717, 1.165) is 0 Å². The highest BCUT2D eigenvalue weighted by Gasteiger charge is 2.17. The van der Waals surface area contributed by atoms with Gasteiger partial charge in [-0.2, -0.15) is 4.39 Å². The number of rotatable bonds is 4. The van der Waals surface area contributed by atoms with Gasteiger partial charge in [0.25, 0.3) is 0 Å². The van der Waals surface area contributed by atoms with E-state index in [9.17, 15) is 9.18 Å². The summed E-state index contributed by atoms with van der Waals surface area (Å²) in [5, 5.41) is 8.62. The van der Waals surface area contributed by atoms with Gasteiger partial charge in [-0.25, -0.2) is 4.98 Å². The number of halogens is 1. The van der Waals surface area contributed by atoms with Crippen molar-refractivity contribution < 1.29 is 14.3 Å². The summed E-state index contributed by atoms with van der Waals surface area (Å²) in [6.45, 7) is 1.83. The van der Waals surface area contributed by atoms with Crippen molar-refractivity contribution in [1.82, 2.24) is 4.98 Å². The molecule has 1 N–H and O–H groups in total. The van der Waals surface area contributed by atoms with Crippen LogP contribution in [0.2, 0.25) is 0 Å². The Labute approximate surface area is 81.6 Å². The number of pyridine rings is 1. The molecule has 0 spiro atoms. The van der Waals surface area contributed by atoms with Crippen LogP contribution >= 0.6 is 0 Å². The Kier molecular flexibility index (Phi) is 3.56. The molecular weight excluding hydrogens is 185 g/mol. The molecule has 0 bridgehead atoms. The van der Waals surface area contributed by atoms with Crippen LogP contribution in [0.15, 0.2) is 18.3 Å². The average molecular weight is 197 g/mol. The summed E-state index contributed by atoms with van der Waals surface area (Å²) >= 11 is 0. The van der Waals surface area contributed by atoms with Crippen LogP contribution in [0.1, 0.15) is 31.2 Å². The third kappa shape index (κ3) is 2.52. The van der Waals surface area contributed by atoms with Crippen molar-refractivity contribution in [2.75, 3.05) is 0 Å². The maximum absolute atomic E-state index is 13.2. The fourth-order valence-corrected chi connectivity index (χ4v) is 1.39. The molecule has 0 aliphatic rings. The van der Waals surface area contributed by atoms with Crippen LogP contribution in [-0.4, -0.2) is 16.1 Å². The van der Waals surface area contributed by atoms with Gasteiger partial charge in [0, 0.05) is 11.8 Å². The number of aliphatic carboxylic acids is 1. The predicted molar refractivity (Wildman–Crippen MR) is 49.5 cm³/mol. The molecule has 0 aliphatic heterocycles. The molecule has 3 nitrogen and oxygen atoms in total. The molecule has 14 heavy (non-hydrogen) atoms. The monoisotopic (exact) mass is 197 g/mol. The van der Waals surface area contributed by atoms with Gasteiger partial charge < -0.3 is 5.11 Å².